The number of hydrogen-bond donors (Lipinski definition) is 1. The summed E-state index contributed by atoms with van der Waals surface area (Å²) < 4.78 is 0.968. The highest BCUT2D eigenvalue weighted by Gasteiger charge is 2.15. The summed E-state index contributed by atoms with van der Waals surface area (Å²) in [7, 11) is 0. The van der Waals surface area contributed by atoms with Crippen molar-refractivity contribution in [2.75, 3.05) is 5.32 Å². The molecule has 1 N–H and O–H groups in total. The summed E-state index contributed by atoms with van der Waals surface area (Å²) in [4.78, 5) is 8.80. The Bertz CT molecular complexity index is 535. The summed E-state index contributed by atoms with van der Waals surface area (Å²) in [5.74, 6) is 0. The molecule has 4 heteroatoms. The molecule has 17 heavy (non-hydrogen) atoms. The van der Waals surface area contributed by atoms with Gasteiger partial charge in [-0.25, -0.2) is 0 Å². The molecular formula is C13H14BrN3. The molecule has 2 aromatic heterocycles. The summed E-state index contributed by atoms with van der Waals surface area (Å²) in [5.41, 5.74) is 3.00. The second-order valence-electron chi connectivity index (χ2n) is 4.51. The van der Waals surface area contributed by atoms with Crippen LogP contribution in [0.3, 0.4) is 0 Å². The van der Waals surface area contributed by atoms with Crippen molar-refractivity contribution < 1.29 is 0 Å². The average molecular weight is 292 g/mol. The molecule has 1 aliphatic carbocycles. The standard InChI is InChI=1S/C13H14BrN3/c14-9-7-12-13(16-8-9)11(5-6-15-12)17-10-3-1-2-4-10/h5-8,10H,1-4H2,(H,15,17). The molecule has 2 aromatic rings. The Morgan fingerprint density at radius 1 is 1.24 bits per heavy atom. The van der Waals surface area contributed by atoms with E-state index in [4.69, 9.17) is 0 Å². The molecule has 1 saturated carbocycles. The van der Waals surface area contributed by atoms with Crippen molar-refractivity contribution in [1.82, 2.24) is 9.97 Å². The number of anilines is 1. The van der Waals surface area contributed by atoms with Gasteiger partial charge in [-0.15, -0.1) is 0 Å². The number of hydrogen-bond acceptors (Lipinski definition) is 3. The van der Waals surface area contributed by atoms with Gasteiger partial charge in [0, 0.05) is 22.9 Å². The number of nitrogens with one attached hydrogen (secondary N) is 1. The molecule has 0 saturated heterocycles. The van der Waals surface area contributed by atoms with Gasteiger partial charge in [0.05, 0.1) is 11.2 Å². The second-order valence-corrected chi connectivity index (χ2v) is 5.42. The fraction of sp³-hybridized carbons (Fsp3) is 0.385. The minimum Gasteiger partial charge on any atom is -0.380 e. The molecule has 0 atom stereocenters. The first kappa shape index (κ1) is 11.0. The first-order valence-electron chi connectivity index (χ1n) is 6.00. The molecule has 0 aliphatic heterocycles. The van der Waals surface area contributed by atoms with E-state index in [9.17, 15) is 0 Å². The van der Waals surface area contributed by atoms with Gasteiger partial charge in [0.25, 0.3) is 0 Å². The monoisotopic (exact) mass is 291 g/mol. The van der Waals surface area contributed by atoms with Crippen molar-refractivity contribution in [3.63, 3.8) is 0 Å². The van der Waals surface area contributed by atoms with Crippen LogP contribution in [-0.4, -0.2) is 16.0 Å². The molecule has 3 rings (SSSR count). The molecule has 3 nitrogen and oxygen atoms in total. The SMILES string of the molecule is Brc1cnc2c(NC3CCCC3)ccnc2c1. The molecular weight excluding hydrogens is 278 g/mol. The number of rotatable bonds is 2. The molecule has 2 heterocycles. The Hall–Kier alpha value is -1.16. The minimum atomic E-state index is 0.603. The van der Waals surface area contributed by atoms with E-state index in [1.165, 1.54) is 25.7 Å². The van der Waals surface area contributed by atoms with Crippen LogP contribution >= 0.6 is 15.9 Å². The largest absolute Gasteiger partial charge is 0.380 e. The van der Waals surface area contributed by atoms with E-state index in [2.05, 4.69) is 31.2 Å². The summed E-state index contributed by atoms with van der Waals surface area (Å²) >= 11 is 3.42. The van der Waals surface area contributed by atoms with Gasteiger partial charge >= 0.3 is 0 Å². The predicted octanol–water partition coefficient (Wildman–Crippen LogP) is 3.75. The number of halogens is 1. The van der Waals surface area contributed by atoms with E-state index in [0.717, 1.165) is 21.2 Å². The van der Waals surface area contributed by atoms with Crippen molar-refractivity contribution in [2.45, 2.75) is 31.7 Å². The fourth-order valence-corrected chi connectivity index (χ4v) is 2.73. The van der Waals surface area contributed by atoms with Crippen molar-refractivity contribution >= 4 is 32.7 Å². The van der Waals surface area contributed by atoms with E-state index in [1.807, 2.05) is 24.5 Å². The number of pyridine rings is 2. The van der Waals surface area contributed by atoms with E-state index in [-0.39, 0.29) is 0 Å². The normalized spacial score (nSPS) is 16.5. The lowest BCUT2D eigenvalue weighted by Gasteiger charge is -2.14. The fourth-order valence-electron chi connectivity index (χ4n) is 2.41. The molecule has 0 radical (unpaired) electrons. The average Bonchev–Trinajstić information content (AvgIpc) is 2.82. The molecule has 0 spiro atoms. The summed E-state index contributed by atoms with van der Waals surface area (Å²) in [6.45, 7) is 0. The van der Waals surface area contributed by atoms with Crippen LogP contribution in [0.2, 0.25) is 0 Å². The zero-order valence-electron chi connectivity index (χ0n) is 9.49. The Morgan fingerprint density at radius 2 is 2.06 bits per heavy atom. The Balaban J connectivity index is 1.97. The quantitative estimate of drug-likeness (QED) is 0.916. The van der Waals surface area contributed by atoms with Crippen LogP contribution in [0.4, 0.5) is 5.69 Å². The van der Waals surface area contributed by atoms with Crippen molar-refractivity contribution in [1.29, 1.82) is 0 Å². The number of aromatic nitrogens is 2. The van der Waals surface area contributed by atoms with Crippen LogP contribution < -0.4 is 5.32 Å². The zero-order valence-corrected chi connectivity index (χ0v) is 11.1. The zero-order chi connectivity index (χ0) is 11.7. The van der Waals surface area contributed by atoms with Crippen LogP contribution in [0.1, 0.15) is 25.7 Å². The summed E-state index contributed by atoms with van der Waals surface area (Å²) in [6.07, 6.45) is 8.86. The minimum absolute atomic E-state index is 0.603. The van der Waals surface area contributed by atoms with Crippen LogP contribution in [0.15, 0.2) is 29.0 Å². The molecule has 0 aromatic carbocycles. The van der Waals surface area contributed by atoms with E-state index in [1.54, 1.807) is 0 Å². The molecule has 88 valence electrons. The smallest absolute Gasteiger partial charge is 0.112 e. The Labute approximate surface area is 109 Å². The molecule has 1 aliphatic rings. The predicted molar refractivity (Wildman–Crippen MR) is 73.1 cm³/mol. The van der Waals surface area contributed by atoms with Crippen LogP contribution in [-0.2, 0) is 0 Å². The van der Waals surface area contributed by atoms with E-state index < -0.39 is 0 Å². The lowest BCUT2D eigenvalue weighted by molar-refractivity contribution is 0.756. The van der Waals surface area contributed by atoms with Gasteiger partial charge in [-0.1, -0.05) is 12.8 Å². The highest BCUT2D eigenvalue weighted by atomic mass is 79.9. The van der Waals surface area contributed by atoms with Crippen molar-refractivity contribution in [3.05, 3.63) is 29.0 Å². The van der Waals surface area contributed by atoms with Gasteiger partial charge in [0.2, 0.25) is 0 Å². The second kappa shape index (κ2) is 4.61. The lowest BCUT2D eigenvalue weighted by atomic mass is 10.2. The third kappa shape index (κ3) is 2.27. The van der Waals surface area contributed by atoms with E-state index in [0.29, 0.717) is 6.04 Å². The third-order valence-electron chi connectivity index (χ3n) is 3.26. The summed E-state index contributed by atoms with van der Waals surface area (Å²) in [5, 5.41) is 3.59. The van der Waals surface area contributed by atoms with Gasteiger partial charge in [-0.05, 0) is 40.9 Å². The maximum atomic E-state index is 4.45. The van der Waals surface area contributed by atoms with Gasteiger partial charge in [0.1, 0.15) is 5.52 Å². The van der Waals surface area contributed by atoms with Gasteiger partial charge in [0.15, 0.2) is 0 Å². The maximum Gasteiger partial charge on any atom is 0.112 e. The molecule has 1 fully saturated rings. The van der Waals surface area contributed by atoms with Gasteiger partial charge < -0.3 is 5.32 Å². The van der Waals surface area contributed by atoms with Gasteiger partial charge in [-0.2, -0.15) is 0 Å². The van der Waals surface area contributed by atoms with Crippen molar-refractivity contribution in [2.24, 2.45) is 0 Å². The Morgan fingerprint density at radius 3 is 2.88 bits per heavy atom. The number of fused-ring (bicyclic) bond motifs is 1. The number of nitrogens with zero attached hydrogens (tertiary/aromatic N) is 2. The van der Waals surface area contributed by atoms with Gasteiger partial charge in [-0.3, -0.25) is 9.97 Å². The highest BCUT2D eigenvalue weighted by molar-refractivity contribution is 9.10. The highest BCUT2D eigenvalue weighted by Crippen LogP contribution is 2.26. The first-order valence-corrected chi connectivity index (χ1v) is 6.79. The van der Waals surface area contributed by atoms with Crippen molar-refractivity contribution in [3.8, 4) is 0 Å². The maximum absolute atomic E-state index is 4.45. The molecule has 0 bridgehead atoms. The first-order chi connectivity index (χ1) is 8.33. The molecule has 0 unspecified atom stereocenters. The lowest BCUT2D eigenvalue weighted by Crippen LogP contribution is -2.14. The summed E-state index contributed by atoms with van der Waals surface area (Å²) in [6, 6.07) is 4.62. The van der Waals surface area contributed by atoms with E-state index >= 15 is 0 Å². The van der Waals surface area contributed by atoms with Crippen LogP contribution in [0, 0.1) is 0 Å². The van der Waals surface area contributed by atoms with Crippen LogP contribution in [0.5, 0.6) is 0 Å². The third-order valence-corrected chi connectivity index (χ3v) is 3.69. The topological polar surface area (TPSA) is 37.8 Å². The molecule has 0 amide bonds. The Kier molecular flexibility index (Phi) is 2.97. The van der Waals surface area contributed by atoms with Crippen LogP contribution in [0.25, 0.3) is 11.0 Å².